The molecule has 3 atom stereocenters. The molecule has 2 aromatic heterocycles. The number of halogens is 2. The monoisotopic (exact) mass is 511 g/mol. The number of benzene rings is 1. The Morgan fingerprint density at radius 1 is 1.22 bits per heavy atom. The number of piperidine rings is 1. The van der Waals surface area contributed by atoms with E-state index in [9.17, 15) is 9.18 Å². The third kappa shape index (κ3) is 4.04. The molecule has 0 N–H and O–H groups in total. The number of amides is 1. The molecule has 190 valence electrons. The highest BCUT2D eigenvalue weighted by Gasteiger charge is 2.41. The second-order valence-corrected chi connectivity index (χ2v) is 10.7. The molecule has 2 unspecified atom stereocenters. The molecule has 0 radical (unpaired) electrons. The maximum absolute atomic E-state index is 14.3. The van der Waals surface area contributed by atoms with Crippen LogP contribution in [-0.4, -0.2) is 55.0 Å². The van der Waals surface area contributed by atoms with E-state index in [1.54, 1.807) is 21.7 Å². The first-order valence-corrected chi connectivity index (χ1v) is 13.3. The highest BCUT2D eigenvalue weighted by atomic mass is 35.5. The number of hydrogen-bond acceptors (Lipinski definition) is 5. The smallest absolute Gasteiger partial charge is 0.258 e. The third-order valence-electron chi connectivity index (χ3n) is 8.06. The van der Waals surface area contributed by atoms with Gasteiger partial charge in [-0.1, -0.05) is 24.9 Å². The fraction of sp³-hybridized carbons (Fsp3) is 0.519. The van der Waals surface area contributed by atoms with Crippen LogP contribution in [0.1, 0.15) is 72.8 Å². The van der Waals surface area contributed by atoms with E-state index in [2.05, 4.69) is 21.9 Å². The van der Waals surface area contributed by atoms with Gasteiger partial charge >= 0.3 is 0 Å². The van der Waals surface area contributed by atoms with Crippen LogP contribution in [-0.2, 0) is 13.1 Å². The Kier molecular flexibility index (Phi) is 6.12. The predicted octanol–water partition coefficient (Wildman–Crippen LogP) is 5.16. The molecule has 2 bridgehead atoms. The van der Waals surface area contributed by atoms with Gasteiger partial charge < -0.3 is 9.64 Å². The largest absolute Gasteiger partial charge is 0.489 e. The molecular weight excluding hydrogens is 481 g/mol. The summed E-state index contributed by atoms with van der Waals surface area (Å²) in [5.74, 6) is -0.245. The second kappa shape index (κ2) is 9.30. The summed E-state index contributed by atoms with van der Waals surface area (Å²) in [5.41, 5.74) is 3.65. The molecule has 2 saturated heterocycles. The summed E-state index contributed by atoms with van der Waals surface area (Å²) in [4.78, 5) is 22.4. The SMILES string of the molecule is CCCCN1C2CC[C@H]1CC(Oc1cc(F)ccc1C(=O)N1Cc3nn4c(C)c(Cl)cnc4c3C1)C2. The van der Waals surface area contributed by atoms with Crippen LogP contribution in [0, 0.1) is 12.7 Å². The van der Waals surface area contributed by atoms with Gasteiger partial charge in [-0.3, -0.25) is 9.69 Å². The summed E-state index contributed by atoms with van der Waals surface area (Å²) < 4.78 is 22.4. The second-order valence-electron chi connectivity index (χ2n) is 10.3. The van der Waals surface area contributed by atoms with E-state index in [0.717, 1.165) is 36.3 Å². The van der Waals surface area contributed by atoms with Crippen molar-refractivity contribution in [2.45, 2.75) is 83.6 Å². The zero-order chi connectivity index (χ0) is 25.0. The number of rotatable bonds is 6. The first-order valence-electron chi connectivity index (χ1n) is 13.0. The molecule has 3 aliphatic heterocycles. The Hall–Kier alpha value is -2.71. The number of hydrogen-bond donors (Lipinski definition) is 0. The minimum absolute atomic E-state index is 0.00867. The van der Waals surface area contributed by atoms with Crippen molar-refractivity contribution in [3.63, 3.8) is 0 Å². The van der Waals surface area contributed by atoms with Crippen molar-refractivity contribution in [3.05, 3.63) is 57.8 Å². The van der Waals surface area contributed by atoms with Crippen molar-refractivity contribution in [2.24, 2.45) is 0 Å². The van der Waals surface area contributed by atoms with Crippen molar-refractivity contribution in [2.75, 3.05) is 6.54 Å². The summed E-state index contributed by atoms with van der Waals surface area (Å²) in [5, 5.41) is 5.19. The molecule has 0 aliphatic carbocycles. The molecular formula is C27H31ClFN5O2. The zero-order valence-electron chi connectivity index (χ0n) is 20.7. The topological polar surface area (TPSA) is 63.0 Å². The molecule has 7 nitrogen and oxygen atoms in total. The van der Waals surface area contributed by atoms with Crippen LogP contribution in [0.2, 0.25) is 5.02 Å². The van der Waals surface area contributed by atoms with E-state index in [-0.39, 0.29) is 12.0 Å². The lowest BCUT2D eigenvalue weighted by molar-refractivity contribution is 0.0471. The van der Waals surface area contributed by atoms with Gasteiger partial charge in [-0.05, 0) is 57.7 Å². The molecule has 0 saturated carbocycles. The lowest BCUT2D eigenvalue weighted by Gasteiger charge is -2.39. The number of carbonyl (C=O) groups is 1. The Labute approximate surface area is 215 Å². The normalized spacial score (nSPS) is 23.4. The number of aryl methyl sites for hydroxylation is 1. The van der Waals surface area contributed by atoms with Crippen molar-refractivity contribution in [1.82, 2.24) is 24.4 Å². The maximum Gasteiger partial charge on any atom is 0.258 e. The third-order valence-corrected chi connectivity index (χ3v) is 8.43. The van der Waals surface area contributed by atoms with Crippen LogP contribution in [0.5, 0.6) is 5.75 Å². The van der Waals surface area contributed by atoms with E-state index >= 15 is 0 Å². The summed E-state index contributed by atoms with van der Waals surface area (Å²) >= 11 is 6.20. The van der Waals surface area contributed by atoms with Gasteiger partial charge in [0.1, 0.15) is 17.7 Å². The molecule has 0 spiro atoms. The van der Waals surface area contributed by atoms with Gasteiger partial charge in [0.15, 0.2) is 5.65 Å². The Morgan fingerprint density at radius 2 is 2.00 bits per heavy atom. The highest BCUT2D eigenvalue weighted by Crippen LogP contribution is 2.38. The zero-order valence-corrected chi connectivity index (χ0v) is 21.5. The van der Waals surface area contributed by atoms with Gasteiger partial charge in [0.25, 0.3) is 5.91 Å². The molecule has 3 aliphatic rings. The quantitative estimate of drug-likeness (QED) is 0.457. The van der Waals surface area contributed by atoms with Crippen molar-refractivity contribution < 1.29 is 13.9 Å². The van der Waals surface area contributed by atoms with Crippen molar-refractivity contribution in [3.8, 4) is 5.75 Å². The van der Waals surface area contributed by atoms with Gasteiger partial charge in [0.2, 0.25) is 0 Å². The van der Waals surface area contributed by atoms with Crippen molar-refractivity contribution >= 4 is 23.2 Å². The van der Waals surface area contributed by atoms with Gasteiger partial charge in [-0.15, -0.1) is 0 Å². The van der Waals surface area contributed by atoms with E-state index in [4.69, 9.17) is 16.3 Å². The van der Waals surface area contributed by atoms with Gasteiger partial charge in [0, 0.05) is 29.9 Å². The fourth-order valence-corrected chi connectivity index (χ4v) is 6.30. The maximum atomic E-state index is 14.3. The Morgan fingerprint density at radius 3 is 2.75 bits per heavy atom. The highest BCUT2D eigenvalue weighted by molar-refractivity contribution is 6.31. The van der Waals surface area contributed by atoms with E-state index < -0.39 is 5.82 Å². The van der Waals surface area contributed by atoms with E-state index in [1.165, 1.54) is 37.8 Å². The van der Waals surface area contributed by atoms with Crippen LogP contribution >= 0.6 is 11.6 Å². The number of nitrogens with zero attached hydrogens (tertiary/aromatic N) is 5. The Bertz CT molecular complexity index is 1310. The van der Waals surface area contributed by atoms with Gasteiger partial charge in [0.05, 0.1) is 35.1 Å². The standard InChI is InChI=1S/C27H31ClFN5O2/c1-3-4-9-33-18-6-7-19(33)12-20(11-18)36-25-10-17(29)5-8-21(25)27(35)32-14-22-24(15-32)31-34-16(2)23(28)13-30-26(22)34/h5,8,10,13,18-20H,3-4,6-7,9,11-12,14-15H2,1-2H3/t18-,19?,20?/m0/s1. The van der Waals surface area contributed by atoms with Crippen LogP contribution in [0.15, 0.2) is 24.4 Å². The number of fused-ring (bicyclic) bond motifs is 5. The van der Waals surface area contributed by atoms with Crippen molar-refractivity contribution in [1.29, 1.82) is 0 Å². The summed E-state index contributed by atoms with van der Waals surface area (Å²) in [7, 11) is 0. The minimum Gasteiger partial charge on any atom is -0.489 e. The van der Waals surface area contributed by atoms with E-state index in [1.807, 2.05) is 6.92 Å². The predicted molar refractivity (Wildman–Crippen MR) is 135 cm³/mol. The fourth-order valence-electron chi connectivity index (χ4n) is 6.17. The summed E-state index contributed by atoms with van der Waals surface area (Å²) in [6, 6.07) is 5.27. The molecule has 6 rings (SSSR count). The minimum atomic E-state index is -0.399. The lowest BCUT2D eigenvalue weighted by Crippen LogP contribution is -2.46. The average molecular weight is 512 g/mol. The molecule has 3 aromatic rings. The van der Waals surface area contributed by atoms with Gasteiger partial charge in [-0.2, -0.15) is 5.10 Å². The van der Waals surface area contributed by atoms with Crippen LogP contribution in [0.3, 0.4) is 0 Å². The lowest BCUT2D eigenvalue weighted by atomic mass is 9.99. The number of carbonyl (C=O) groups excluding carboxylic acids is 1. The number of ether oxygens (including phenoxy) is 1. The summed E-state index contributed by atoms with van der Waals surface area (Å²) in [6.07, 6.45) is 8.24. The number of aromatic nitrogens is 3. The molecule has 5 heterocycles. The van der Waals surface area contributed by atoms with Crippen LogP contribution in [0.25, 0.3) is 5.65 Å². The summed E-state index contributed by atoms with van der Waals surface area (Å²) in [6.45, 7) is 6.02. The van der Waals surface area contributed by atoms with Crippen LogP contribution < -0.4 is 4.74 Å². The van der Waals surface area contributed by atoms with Crippen LogP contribution in [0.4, 0.5) is 4.39 Å². The molecule has 36 heavy (non-hydrogen) atoms. The molecule has 1 aromatic carbocycles. The first kappa shape index (κ1) is 23.7. The number of unbranched alkanes of at least 4 members (excludes halogenated alkanes) is 1. The molecule has 1 amide bonds. The first-order chi connectivity index (χ1) is 17.4. The average Bonchev–Trinajstić information content (AvgIpc) is 3.49. The Balaban J connectivity index is 1.20. The molecule has 9 heteroatoms. The molecule has 2 fully saturated rings. The van der Waals surface area contributed by atoms with Gasteiger partial charge in [-0.25, -0.2) is 13.9 Å². The van der Waals surface area contributed by atoms with E-state index in [0.29, 0.717) is 47.2 Å².